The van der Waals surface area contributed by atoms with Crippen LogP contribution in [0.2, 0.25) is 0 Å². The van der Waals surface area contributed by atoms with E-state index in [9.17, 15) is 0 Å². The number of rotatable bonds is 4. The third-order valence-electron chi connectivity index (χ3n) is 1.93. The summed E-state index contributed by atoms with van der Waals surface area (Å²) in [5, 5.41) is 6.57. The van der Waals surface area contributed by atoms with Crippen LogP contribution in [0.25, 0.3) is 0 Å². The van der Waals surface area contributed by atoms with Gasteiger partial charge < -0.3 is 4.42 Å². The molecule has 80 valence electrons. The van der Waals surface area contributed by atoms with Crippen molar-refractivity contribution >= 4 is 39.5 Å². The summed E-state index contributed by atoms with van der Waals surface area (Å²) in [6.07, 6.45) is 2.89. The van der Waals surface area contributed by atoms with Crippen LogP contribution >= 0.6 is 39.5 Å². The van der Waals surface area contributed by atoms with Gasteiger partial charge in [0.1, 0.15) is 0 Å². The number of hydrogen-bond donors (Lipinski definition) is 1. The summed E-state index contributed by atoms with van der Waals surface area (Å²) in [6, 6.07) is 4.20. The number of hydrogen-bond acceptors (Lipinski definition) is 4. The van der Waals surface area contributed by atoms with Crippen molar-refractivity contribution in [3.8, 4) is 0 Å². The van der Waals surface area contributed by atoms with Crippen molar-refractivity contribution in [3.63, 3.8) is 0 Å². The quantitative estimate of drug-likeness (QED) is 0.875. The summed E-state index contributed by atoms with van der Waals surface area (Å²) in [5.41, 5.74) is 0. The average molecular weight is 305 g/mol. The minimum atomic E-state index is 0.351. The molecule has 0 aliphatic carbocycles. The summed E-state index contributed by atoms with van der Waals surface area (Å²) in [6.45, 7) is 0. The lowest BCUT2D eigenvalue weighted by molar-refractivity contribution is 0.474. The number of halogens is 1. The molecule has 0 saturated carbocycles. The molecule has 0 fully saturated rings. The van der Waals surface area contributed by atoms with Gasteiger partial charge in [0.15, 0.2) is 0 Å². The Morgan fingerprint density at radius 2 is 2.33 bits per heavy atom. The SMILES string of the molecule is S=c1[nH]nc(CCCc2ccc(Br)s2)o1. The Labute approximate surface area is 105 Å². The van der Waals surface area contributed by atoms with Gasteiger partial charge in [-0.25, -0.2) is 5.10 Å². The summed E-state index contributed by atoms with van der Waals surface area (Å²) < 4.78 is 6.34. The molecule has 3 nitrogen and oxygen atoms in total. The van der Waals surface area contributed by atoms with Gasteiger partial charge >= 0.3 is 0 Å². The Morgan fingerprint density at radius 3 is 2.93 bits per heavy atom. The maximum atomic E-state index is 5.17. The molecule has 0 unspecified atom stereocenters. The van der Waals surface area contributed by atoms with Gasteiger partial charge in [0.2, 0.25) is 5.89 Å². The van der Waals surface area contributed by atoms with E-state index in [1.807, 2.05) is 0 Å². The van der Waals surface area contributed by atoms with Crippen molar-refractivity contribution in [1.29, 1.82) is 0 Å². The third kappa shape index (κ3) is 3.25. The molecule has 0 amide bonds. The number of nitrogens with one attached hydrogen (secondary N) is 1. The Kier molecular flexibility index (Phi) is 3.71. The van der Waals surface area contributed by atoms with Crippen molar-refractivity contribution in [1.82, 2.24) is 10.2 Å². The number of aromatic nitrogens is 2. The van der Waals surface area contributed by atoms with E-state index in [0.717, 1.165) is 19.3 Å². The summed E-state index contributed by atoms with van der Waals surface area (Å²) in [7, 11) is 0. The second-order valence-electron chi connectivity index (χ2n) is 3.07. The molecule has 0 aliphatic rings. The Morgan fingerprint density at radius 1 is 1.47 bits per heavy atom. The zero-order chi connectivity index (χ0) is 10.7. The Hall–Kier alpha value is -0.460. The fourth-order valence-corrected chi connectivity index (χ4v) is 2.93. The van der Waals surface area contributed by atoms with Gasteiger partial charge in [-0.2, -0.15) is 0 Å². The van der Waals surface area contributed by atoms with Gasteiger partial charge in [0.05, 0.1) is 3.79 Å². The summed E-state index contributed by atoms with van der Waals surface area (Å²) in [5.74, 6) is 0.690. The van der Waals surface area contributed by atoms with Crippen LogP contribution in [0.4, 0.5) is 0 Å². The highest BCUT2D eigenvalue weighted by Crippen LogP contribution is 2.23. The molecule has 2 rings (SSSR count). The first kappa shape index (κ1) is 11.0. The highest BCUT2D eigenvalue weighted by molar-refractivity contribution is 9.11. The molecule has 0 atom stereocenters. The number of nitrogens with zero attached hydrogens (tertiary/aromatic N) is 1. The smallest absolute Gasteiger partial charge is 0.284 e. The van der Waals surface area contributed by atoms with Crippen molar-refractivity contribution in [3.05, 3.63) is 31.5 Å². The lowest BCUT2D eigenvalue weighted by Gasteiger charge is -1.93. The van der Waals surface area contributed by atoms with E-state index in [0.29, 0.717) is 10.7 Å². The zero-order valence-corrected chi connectivity index (χ0v) is 11.0. The minimum Gasteiger partial charge on any atom is -0.414 e. The number of aromatic amines is 1. The van der Waals surface area contributed by atoms with Crippen molar-refractivity contribution in [2.24, 2.45) is 0 Å². The number of thiophene rings is 1. The first-order chi connectivity index (χ1) is 7.24. The maximum absolute atomic E-state index is 5.17. The lowest BCUT2D eigenvalue weighted by Crippen LogP contribution is -1.88. The second-order valence-corrected chi connectivity index (χ2v) is 5.98. The molecule has 1 N–H and O–H groups in total. The van der Waals surface area contributed by atoms with E-state index < -0.39 is 0 Å². The number of H-pyrrole nitrogens is 1. The highest BCUT2D eigenvalue weighted by Gasteiger charge is 2.01. The molecule has 0 spiro atoms. The van der Waals surface area contributed by atoms with Gasteiger partial charge in [-0.3, -0.25) is 0 Å². The molecule has 2 aromatic rings. The molecule has 0 aromatic carbocycles. The monoisotopic (exact) mass is 304 g/mol. The fourth-order valence-electron chi connectivity index (χ4n) is 1.27. The van der Waals surface area contributed by atoms with Crippen LogP contribution in [0, 0.1) is 4.84 Å². The topological polar surface area (TPSA) is 41.8 Å². The molecule has 0 saturated heterocycles. The first-order valence-corrected chi connectivity index (χ1v) is 6.54. The van der Waals surface area contributed by atoms with Crippen LogP contribution in [-0.4, -0.2) is 10.2 Å². The summed E-state index contributed by atoms with van der Waals surface area (Å²) in [4.78, 5) is 1.72. The molecule has 15 heavy (non-hydrogen) atoms. The maximum Gasteiger partial charge on any atom is 0.284 e. The van der Waals surface area contributed by atoms with Gasteiger partial charge in [-0.1, -0.05) is 0 Å². The highest BCUT2D eigenvalue weighted by atomic mass is 79.9. The standard InChI is InChI=1S/C9H9BrN2OS2/c10-7-5-4-6(15-7)2-1-3-8-11-12-9(14)13-8/h4-5H,1-3H2,(H,12,14). The molecular formula is C9H9BrN2OS2. The normalized spacial score (nSPS) is 10.7. The zero-order valence-electron chi connectivity index (χ0n) is 7.83. The molecule has 0 radical (unpaired) electrons. The van der Waals surface area contributed by atoms with Crippen LogP contribution in [0.15, 0.2) is 20.3 Å². The number of aryl methyl sites for hydroxylation is 2. The van der Waals surface area contributed by atoms with E-state index in [2.05, 4.69) is 38.3 Å². The van der Waals surface area contributed by atoms with Gasteiger partial charge in [0, 0.05) is 11.3 Å². The molecule has 2 heterocycles. The molecule has 2 aromatic heterocycles. The van der Waals surface area contributed by atoms with Crippen LogP contribution in [-0.2, 0) is 12.8 Å². The van der Waals surface area contributed by atoms with Gasteiger partial charge in [-0.05, 0) is 53.1 Å². The third-order valence-corrected chi connectivity index (χ3v) is 3.78. The predicted octanol–water partition coefficient (Wildman–Crippen LogP) is 3.73. The Balaban J connectivity index is 1.82. The lowest BCUT2D eigenvalue weighted by atomic mass is 10.2. The molecule has 0 bridgehead atoms. The van der Waals surface area contributed by atoms with E-state index in [-0.39, 0.29) is 0 Å². The molecular weight excluding hydrogens is 296 g/mol. The summed E-state index contributed by atoms with van der Waals surface area (Å²) >= 11 is 10.00. The van der Waals surface area contributed by atoms with Crippen molar-refractivity contribution in [2.75, 3.05) is 0 Å². The van der Waals surface area contributed by atoms with Gasteiger partial charge in [0.25, 0.3) is 4.84 Å². The van der Waals surface area contributed by atoms with Crippen LogP contribution in [0.1, 0.15) is 17.2 Å². The van der Waals surface area contributed by atoms with E-state index >= 15 is 0 Å². The Bertz CT molecular complexity index is 488. The van der Waals surface area contributed by atoms with Crippen molar-refractivity contribution < 1.29 is 4.42 Å². The molecule has 6 heteroatoms. The van der Waals surface area contributed by atoms with E-state index in [1.165, 1.54) is 8.66 Å². The van der Waals surface area contributed by atoms with Crippen LogP contribution < -0.4 is 0 Å². The largest absolute Gasteiger partial charge is 0.414 e. The van der Waals surface area contributed by atoms with Crippen LogP contribution in [0.3, 0.4) is 0 Å². The second kappa shape index (κ2) is 5.05. The average Bonchev–Trinajstić information content (AvgIpc) is 2.76. The van der Waals surface area contributed by atoms with E-state index in [4.69, 9.17) is 16.6 Å². The predicted molar refractivity (Wildman–Crippen MR) is 65.7 cm³/mol. The fraction of sp³-hybridized carbons (Fsp3) is 0.333. The minimum absolute atomic E-state index is 0.351. The molecule has 0 aliphatic heterocycles. The van der Waals surface area contributed by atoms with Gasteiger partial charge in [-0.15, -0.1) is 16.4 Å². The van der Waals surface area contributed by atoms with Crippen molar-refractivity contribution in [2.45, 2.75) is 19.3 Å². The van der Waals surface area contributed by atoms with Crippen LogP contribution in [0.5, 0.6) is 0 Å². The first-order valence-electron chi connectivity index (χ1n) is 4.52. The van der Waals surface area contributed by atoms with E-state index in [1.54, 1.807) is 11.3 Å².